The molecule has 7 heteroatoms. The van der Waals surface area contributed by atoms with Crippen molar-refractivity contribution in [1.29, 1.82) is 0 Å². The summed E-state index contributed by atoms with van der Waals surface area (Å²) in [6.45, 7) is 1.16. The minimum absolute atomic E-state index is 0.175. The number of carbonyl (C=O) groups is 2. The molecule has 0 atom stereocenters. The van der Waals surface area contributed by atoms with Crippen LogP contribution in [0.5, 0.6) is 5.75 Å². The molecule has 27 heavy (non-hydrogen) atoms. The van der Waals surface area contributed by atoms with Crippen LogP contribution in [0.4, 0.5) is 5.82 Å². The van der Waals surface area contributed by atoms with Crippen molar-refractivity contribution in [2.45, 2.75) is 0 Å². The van der Waals surface area contributed by atoms with E-state index >= 15 is 0 Å². The van der Waals surface area contributed by atoms with E-state index < -0.39 is 11.9 Å². The number of likely N-dealkylation sites (N-methyl/N-ethyl adjacent to an activating group) is 1. The van der Waals surface area contributed by atoms with Gasteiger partial charge in [-0.25, -0.2) is 14.6 Å². The van der Waals surface area contributed by atoms with Crippen molar-refractivity contribution >= 4 is 23.8 Å². The summed E-state index contributed by atoms with van der Waals surface area (Å²) in [6, 6.07) is 12.7. The Labute approximate surface area is 158 Å². The second-order valence-electron chi connectivity index (χ2n) is 5.57. The molecule has 1 aromatic carbocycles. The SMILES string of the molecule is COC(=O)C(=Cc1ccc(OCCN(C)c2ccccn2)cc1)C(=O)OC. The minimum atomic E-state index is -0.750. The number of hydrogen-bond donors (Lipinski definition) is 0. The molecule has 2 rings (SSSR count). The molecule has 0 unspecified atom stereocenters. The summed E-state index contributed by atoms with van der Waals surface area (Å²) in [5, 5.41) is 0. The molecule has 0 spiro atoms. The van der Waals surface area contributed by atoms with Gasteiger partial charge in [0.25, 0.3) is 0 Å². The third-order valence-corrected chi connectivity index (χ3v) is 3.74. The molecule has 142 valence electrons. The summed E-state index contributed by atoms with van der Waals surface area (Å²) in [5.74, 6) is 0.0541. The molecule has 0 saturated heterocycles. The first-order valence-electron chi connectivity index (χ1n) is 8.28. The van der Waals surface area contributed by atoms with E-state index in [1.807, 2.05) is 30.1 Å². The standard InChI is InChI=1S/C20H22N2O5/c1-22(18-6-4-5-11-21-18)12-13-27-16-9-7-15(8-10-16)14-17(19(23)25-2)20(24)26-3/h4-11,14H,12-13H2,1-3H3. The van der Waals surface area contributed by atoms with Gasteiger partial charge >= 0.3 is 11.9 Å². The molecule has 1 aromatic heterocycles. The van der Waals surface area contributed by atoms with Crippen LogP contribution in [0.15, 0.2) is 54.2 Å². The van der Waals surface area contributed by atoms with E-state index in [1.54, 1.807) is 30.5 Å². The molecule has 0 bridgehead atoms. The maximum absolute atomic E-state index is 11.7. The van der Waals surface area contributed by atoms with Crippen LogP contribution in [-0.2, 0) is 19.1 Å². The first kappa shape index (κ1) is 20.0. The molecular formula is C20H22N2O5. The molecule has 0 aliphatic carbocycles. The van der Waals surface area contributed by atoms with Crippen molar-refractivity contribution in [2.75, 3.05) is 39.3 Å². The number of benzene rings is 1. The van der Waals surface area contributed by atoms with Crippen molar-refractivity contribution in [1.82, 2.24) is 4.98 Å². The number of anilines is 1. The van der Waals surface area contributed by atoms with Gasteiger partial charge in [-0.15, -0.1) is 0 Å². The van der Waals surface area contributed by atoms with E-state index in [0.717, 1.165) is 5.82 Å². The highest BCUT2D eigenvalue weighted by Gasteiger charge is 2.19. The number of carbonyl (C=O) groups excluding carboxylic acids is 2. The molecule has 0 radical (unpaired) electrons. The molecule has 0 aliphatic rings. The van der Waals surface area contributed by atoms with Crippen molar-refractivity contribution < 1.29 is 23.8 Å². The van der Waals surface area contributed by atoms with Crippen molar-refractivity contribution in [3.05, 3.63) is 59.8 Å². The van der Waals surface area contributed by atoms with E-state index in [2.05, 4.69) is 14.5 Å². The normalized spacial score (nSPS) is 9.89. The Bertz CT molecular complexity index is 770. The van der Waals surface area contributed by atoms with Crippen LogP contribution in [0.1, 0.15) is 5.56 Å². The maximum Gasteiger partial charge on any atom is 0.345 e. The van der Waals surface area contributed by atoms with Crippen LogP contribution in [-0.4, -0.2) is 51.3 Å². The second-order valence-corrected chi connectivity index (χ2v) is 5.57. The van der Waals surface area contributed by atoms with Gasteiger partial charge in [0.1, 0.15) is 23.7 Å². The molecule has 0 amide bonds. The first-order chi connectivity index (χ1) is 13.0. The lowest BCUT2D eigenvalue weighted by Gasteiger charge is -2.18. The van der Waals surface area contributed by atoms with E-state index in [1.165, 1.54) is 20.3 Å². The Hall–Kier alpha value is -3.35. The monoisotopic (exact) mass is 370 g/mol. The van der Waals surface area contributed by atoms with E-state index in [4.69, 9.17) is 4.74 Å². The van der Waals surface area contributed by atoms with Gasteiger partial charge < -0.3 is 19.1 Å². The highest BCUT2D eigenvalue weighted by atomic mass is 16.5. The van der Waals surface area contributed by atoms with E-state index in [0.29, 0.717) is 24.5 Å². The lowest BCUT2D eigenvalue weighted by Crippen LogP contribution is -2.24. The highest BCUT2D eigenvalue weighted by Crippen LogP contribution is 2.16. The van der Waals surface area contributed by atoms with E-state index in [9.17, 15) is 9.59 Å². The zero-order chi connectivity index (χ0) is 19.6. The van der Waals surface area contributed by atoms with Crippen LogP contribution in [0.3, 0.4) is 0 Å². The van der Waals surface area contributed by atoms with Crippen molar-refractivity contribution in [3.63, 3.8) is 0 Å². The molecular weight excluding hydrogens is 348 g/mol. The Kier molecular flexibility index (Phi) is 7.37. The van der Waals surface area contributed by atoms with Gasteiger partial charge in [0.05, 0.1) is 20.8 Å². The molecule has 2 aromatic rings. The summed E-state index contributed by atoms with van der Waals surface area (Å²) in [4.78, 5) is 29.6. The number of hydrogen-bond acceptors (Lipinski definition) is 7. The summed E-state index contributed by atoms with van der Waals surface area (Å²) in [5.41, 5.74) is 0.476. The lowest BCUT2D eigenvalue weighted by molar-refractivity contribution is -0.143. The molecule has 0 saturated carbocycles. The molecule has 1 heterocycles. The Morgan fingerprint density at radius 2 is 1.70 bits per heavy atom. The average molecular weight is 370 g/mol. The number of rotatable bonds is 8. The lowest BCUT2D eigenvalue weighted by atomic mass is 10.1. The van der Waals surface area contributed by atoms with Gasteiger partial charge in [-0.2, -0.15) is 0 Å². The fourth-order valence-corrected chi connectivity index (χ4v) is 2.24. The van der Waals surface area contributed by atoms with Crippen molar-refractivity contribution in [2.24, 2.45) is 0 Å². The van der Waals surface area contributed by atoms with Gasteiger partial charge in [0.15, 0.2) is 0 Å². The van der Waals surface area contributed by atoms with Crippen LogP contribution < -0.4 is 9.64 Å². The van der Waals surface area contributed by atoms with E-state index in [-0.39, 0.29) is 5.57 Å². The van der Waals surface area contributed by atoms with Gasteiger partial charge in [0.2, 0.25) is 0 Å². The third kappa shape index (κ3) is 5.85. The van der Waals surface area contributed by atoms with Crippen LogP contribution >= 0.6 is 0 Å². The first-order valence-corrected chi connectivity index (χ1v) is 8.28. The minimum Gasteiger partial charge on any atom is -0.492 e. The highest BCUT2D eigenvalue weighted by molar-refractivity contribution is 6.17. The topological polar surface area (TPSA) is 78.0 Å². The number of ether oxygens (including phenoxy) is 3. The zero-order valence-corrected chi connectivity index (χ0v) is 15.5. The number of nitrogens with zero attached hydrogens (tertiary/aromatic N) is 2. The van der Waals surface area contributed by atoms with Crippen molar-refractivity contribution in [3.8, 4) is 5.75 Å². The fourth-order valence-electron chi connectivity index (χ4n) is 2.24. The zero-order valence-electron chi connectivity index (χ0n) is 15.5. The molecule has 0 N–H and O–H groups in total. The Balaban J connectivity index is 1.95. The summed E-state index contributed by atoms with van der Waals surface area (Å²) < 4.78 is 14.9. The predicted octanol–water partition coefficient (Wildman–Crippen LogP) is 2.33. The number of esters is 2. The third-order valence-electron chi connectivity index (χ3n) is 3.74. The smallest absolute Gasteiger partial charge is 0.345 e. The summed E-state index contributed by atoms with van der Waals surface area (Å²) in [6.07, 6.45) is 3.16. The van der Waals surface area contributed by atoms with Gasteiger partial charge in [0, 0.05) is 13.2 Å². The quantitative estimate of drug-likeness (QED) is 0.305. The van der Waals surface area contributed by atoms with Gasteiger partial charge in [-0.05, 0) is 35.9 Å². The summed E-state index contributed by atoms with van der Waals surface area (Å²) >= 11 is 0. The maximum atomic E-state index is 11.7. The van der Waals surface area contributed by atoms with Gasteiger partial charge in [-0.3, -0.25) is 0 Å². The van der Waals surface area contributed by atoms with Crippen LogP contribution in [0, 0.1) is 0 Å². The predicted molar refractivity (Wildman–Crippen MR) is 101 cm³/mol. The average Bonchev–Trinajstić information content (AvgIpc) is 2.72. The number of aromatic nitrogens is 1. The largest absolute Gasteiger partial charge is 0.492 e. The Morgan fingerprint density at radius 3 is 2.26 bits per heavy atom. The number of methoxy groups -OCH3 is 2. The molecule has 0 fully saturated rings. The molecule has 0 aliphatic heterocycles. The second kappa shape index (κ2) is 9.96. The number of pyridine rings is 1. The Morgan fingerprint density at radius 1 is 1.04 bits per heavy atom. The van der Waals surface area contributed by atoms with Crippen LogP contribution in [0.2, 0.25) is 0 Å². The van der Waals surface area contributed by atoms with Gasteiger partial charge in [-0.1, -0.05) is 18.2 Å². The summed E-state index contributed by atoms with van der Waals surface area (Å²) in [7, 11) is 4.36. The van der Waals surface area contributed by atoms with Crippen LogP contribution in [0.25, 0.3) is 6.08 Å². The fraction of sp³-hybridized carbons (Fsp3) is 0.250. The molecule has 7 nitrogen and oxygen atoms in total.